The summed E-state index contributed by atoms with van der Waals surface area (Å²) >= 11 is 0. The fraction of sp³-hybridized carbons (Fsp3) is 1.00. The third-order valence-electron chi connectivity index (χ3n) is 0.492. The summed E-state index contributed by atoms with van der Waals surface area (Å²) in [6, 6.07) is 0. The van der Waals surface area contributed by atoms with Gasteiger partial charge >= 0.3 is 0 Å². The van der Waals surface area contributed by atoms with Crippen molar-refractivity contribution in [2.24, 2.45) is 0 Å². The van der Waals surface area contributed by atoms with Crippen LogP contribution in [0.25, 0.3) is 0 Å². The molecule has 0 saturated carbocycles. The minimum absolute atomic E-state index is 0. The van der Waals surface area contributed by atoms with Crippen molar-refractivity contribution in [2.75, 3.05) is 27.4 Å². The van der Waals surface area contributed by atoms with E-state index in [1.165, 1.54) is 0 Å². The molecule has 0 amide bonds. The second-order valence-electron chi connectivity index (χ2n) is 0.986. The molecule has 0 aromatic heterocycles. The van der Waals surface area contributed by atoms with E-state index in [2.05, 4.69) is 9.47 Å². The Hall–Kier alpha value is 1.37. The molecule has 64 valence electrons. The number of ether oxygens (including phenoxy) is 2. The van der Waals surface area contributed by atoms with Gasteiger partial charge in [0.05, 0.1) is 13.2 Å². The summed E-state index contributed by atoms with van der Waals surface area (Å²) in [6.07, 6.45) is 0. The predicted molar refractivity (Wildman–Crippen MR) is 44.4 cm³/mol. The smallest absolute Gasteiger partial charge is 0.0696 e. The maximum absolute atomic E-state index is 4.66. The Morgan fingerprint density at radius 1 is 0.889 bits per heavy atom. The van der Waals surface area contributed by atoms with Gasteiger partial charge in [-0.05, 0) is 0 Å². The fourth-order valence-electron chi connectivity index (χ4n) is 0.167. The minimum Gasteiger partial charge on any atom is -0.382 e. The van der Waals surface area contributed by atoms with E-state index in [0.717, 1.165) is 0 Å². The Balaban J connectivity index is -0.0000000417. The molecule has 0 unspecified atom stereocenters. The van der Waals surface area contributed by atoms with Crippen LogP contribution in [0.2, 0.25) is 0 Å². The molecule has 0 bridgehead atoms. The Labute approximate surface area is 87.1 Å². The van der Waals surface area contributed by atoms with E-state index in [1.54, 1.807) is 14.2 Å². The maximum Gasteiger partial charge on any atom is 0.0696 e. The molecule has 0 saturated heterocycles. The normalized spacial score (nSPS) is 6.00. The van der Waals surface area contributed by atoms with E-state index in [9.17, 15) is 0 Å². The van der Waals surface area contributed by atoms with Crippen molar-refractivity contribution >= 4 is 34.0 Å². The first-order valence-electron chi connectivity index (χ1n) is 1.89. The number of rotatable bonds is 3. The molecule has 0 atom stereocenters. The molecule has 0 fully saturated rings. The molecule has 0 spiro atoms. The Bertz CT molecular complexity index is 28.5. The summed E-state index contributed by atoms with van der Waals surface area (Å²) in [5.74, 6) is 0. The third-order valence-corrected chi connectivity index (χ3v) is 0.492. The maximum atomic E-state index is 4.66. The van der Waals surface area contributed by atoms with Crippen LogP contribution in [0.15, 0.2) is 0 Å². The van der Waals surface area contributed by atoms with Gasteiger partial charge in [-0.2, -0.15) is 0 Å². The molecular weight excluding hydrogens is 299 g/mol. The van der Waals surface area contributed by atoms with Crippen molar-refractivity contribution in [3.63, 3.8) is 0 Å². The minimum atomic E-state index is 0. The molecule has 0 aliphatic rings. The van der Waals surface area contributed by atoms with Crippen molar-refractivity contribution in [1.82, 2.24) is 0 Å². The molecule has 0 heterocycles. The van der Waals surface area contributed by atoms with Crippen LogP contribution in [-0.2, 0) is 26.0 Å². The van der Waals surface area contributed by atoms with E-state index in [0.29, 0.717) is 13.2 Å². The Morgan fingerprint density at radius 3 is 1.22 bits per heavy atom. The Kier molecular flexibility index (Phi) is 56.7. The molecule has 0 aromatic carbocycles. The van der Waals surface area contributed by atoms with Gasteiger partial charge in [-0.3, -0.25) is 0 Å². The van der Waals surface area contributed by atoms with Gasteiger partial charge in [-0.25, -0.2) is 0 Å². The summed E-state index contributed by atoms with van der Waals surface area (Å²) < 4.78 is 9.31. The largest absolute Gasteiger partial charge is 0.382 e. The number of methoxy groups -OCH3 is 2. The monoisotopic (exact) mass is 308 g/mol. The van der Waals surface area contributed by atoms with Crippen molar-refractivity contribution in [3.8, 4) is 0 Å². The van der Waals surface area contributed by atoms with Crippen LogP contribution in [0, 0.1) is 0 Å². The first-order chi connectivity index (χ1) is 2.91. The molecule has 2 nitrogen and oxygen atoms in total. The topological polar surface area (TPSA) is 18.5 Å². The molecule has 0 N–H and O–H groups in total. The van der Waals surface area contributed by atoms with Gasteiger partial charge in [0.2, 0.25) is 0 Å². The van der Waals surface area contributed by atoms with Crippen molar-refractivity contribution in [3.05, 3.63) is 0 Å². The van der Waals surface area contributed by atoms with Gasteiger partial charge < -0.3 is 9.47 Å². The molecule has 0 aliphatic heterocycles. The number of halogens is 2. The molecule has 0 radical (unpaired) electrons. The fourth-order valence-corrected chi connectivity index (χ4v) is 0.167. The van der Waals surface area contributed by atoms with Crippen LogP contribution in [0.3, 0.4) is 0 Å². The average molecular weight is 311 g/mol. The molecular formula is C4H12Br2NiO2. The average Bonchev–Trinajstić information content (AvgIpc) is 1.61. The number of hydrogen-bond donors (Lipinski definition) is 0. The molecule has 5 heteroatoms. The quantitative estimate of drug-likeness (QED) is 0.580. The molecule has 9 heavy (non-hydrogen) atoms. The summed E-state index contributed by atoms with van der Waals surface area (Å²) in [5, 5.41) is 0. The van der Waals surface area contributed by atoms with Gasteiger partial charge in [0.15, 0.2) is 0 Å². The zero-order chi connectivity index (χ0) is 4.83. The van der Waals surface area contributed by atoms with Gasteiger partial charge in [0.1, 0.15) is 0 Å². The van der Waals surface area contributed by atoms with E-state index in [1.807, 2.05) is 0 Å². The molecule has 0 rings (SSSR count). The van der Waals surface area contributed by atoms with Crippen LogP contribution in [0.1, 0.15) is 0 Å². The molecule has 0 aromatic rings. The van der Waals surface area contributed by atoms with E-state index in [4.69, 9.17) is 0 Å². The van der Waals surface area contributed by atoms with E-state index < -0.39 is 0 Å². The van der Waals surface area contributed by atoms with Gasteiger partial charge in [0.25, 0.3) is 0 Å². The summed E-state index contributed by atoms with van der Waals surface area (Å²) in [4.78, 5) is 0. The standard InChI is InChI=1S/C4H10O2.2BrH.Ni/c1-5-3-4-6-2;;;/h3-4H2,1-2H3;2*1H;. The Morgan fingerprint density at radius 2 is 1.11 bits per heavy atom. The van der Waals surface area contributed by atoms with Crippen LogP contribution in [-0.4, -0.2) is 27.4 Å². The van der Waals surface area contributed by atoms with E-state index in [-0.39, 0.29) is 50.5 Å². The summed E-state index contributed by atoms with van der Waals surface area (Å²) in [7, 11) is 3.30. The second-order valence-corrected chi connectivity index (χ2v) is 0.986. The summed E-state index contributed by atoms with van der Waals surface area (Å²) in [6.45, 7) is 1.38. The van der Waals surface area contributed by atoms with Crippen LogP contribution in [0.5, 0.6) is 0 Å². The second kappa shape index (κ2) is 22.8. The van der Waals surface area contributed by atoms with E-state index >= 15 is 0 Å². The zero-order valence-corrected chi connectivity index (χ0v) is 9.78. The van der Waals surface area contributed by atoms with Crippen LogP contribution < -0.4 is 0 Å². The first-order valence-corrected chi connectivity index (χ1v) is 1.89. The first kappa shape index (κ1) is 22.4. The zero-order valence-electron chi connectivity index (χ0n) is 5.36. The van der Waals surface area contributed by atoms with Crippen molar-refractivity contribution < 1.29 is 26.0 Å². The number of hydrogen-bond acceptors (Lipinski definition) is 2. The van der Waals surface area contributed by atoms with Gasteiger partial charge in [-0.15, -0.1) is 34.0 Å². The van der Waals surface area contributed by atoms with Gasteiger partial charge in [0, 0.05) is 30.7 Å². The van der Waals surface area contributed by atoms with Gasteiger partial charge in [-0.1, -0.05) is 0 Å². The van der Waals surface area contributed by atoms with Crippen molar-refractivity contribution in [1.29, 1.82) is 0 Å². The van der Waals surface area contributed by atoms with Crippen LogP contribution in [0.4, 0.5) is 0 Å². The predicted octanol–water partition coefficient (Wildman–Crippen LogP) is 1.43. The SMILES string of the molecule is Br.Br.COCCOC.[Ni]. The van der Waals surface area contributed by atoms with Crippen molar-refractivity contribution in [2.45, 2.75) is 0 Å². The summed E-state index contributed by atoms with van der Waals surface area (Å²) in [5.41, 5.74) is 0. The molecule has 0 aliphatic carbocycles. The van der Waals surface area contributed by atoms with Crippen LogP contribution >= 0.6 is 34.0 Å². The third kappa shape index (κ3) is 26.6.